The lowest BCUT2D eigenvalue weighted by atomic mass is 10.2. The van der Waals surface area contributed by atoms with E-state index in [1.54, 1.807) is 6.92 Å². The summed E-state index contributed by atoms with van der Waals surface area (Å²) in [6, 6.07) is 0. The van der Waals surface area contributed by atoms with Crippen LogP contribution in [0.5, 0.6) is 0 Å². The lowest BCUT2D eigenvalue weighted by Crippen LogP contribution is -2.17. The van der Waals surface area contributed by atoms with Gasteiger partial charge in [0.2, 0.25) is 0 Å². The summed E-state index contributed by atoms with van der Waals surface area (Å²) in [6.07, 6.45) is 1.97. The van der Waals surface area contributed by atoms with Crippen LogP contribution in [-0.4, -0.2) is 34.8 Å². The number of anilines is 2. The predicted molar refractivity (Wildman–Crippen MR) is 61.1 cm³/mol. The number of hydrogen-bond acceptors (Lipinski definition) is 5. The first kappa shape index (κ1) is 11.7. The van der Waals surface area contributed by atoms with Gasteiger partial charge < -0.3 is 15.7 Å². The minimum atomic E-state index is -0.386. The van der Waals surface area contributed by atoms with Crippen LogP contribution in [-0.2, 0) is 6.42 Å². The first-order valence-corrected chi connectivity index (χ1v) is 5.12. The molecule has 0 saturated heterocycles. The molecule has 0 spiro atoms. The molecular weight excluding hydrogens is 192 g/mol. The van der Waals surface area contributed by atoms with Crippen LogP contribution in [0.4, 0.5) is 11.6 Å². The van der Waals surface area contributed by atoms with Gasteiger partial charge in [-0.1, -0.05) is 6.92 Å². The van der Waals surface area contributed by atoms with Crippen LogP contribution in [0, 0.1) is 0 Å². The van der Waals surface area contributed by atoms with Crippen molar-refractivity contribution in [3.8, 4) is 0 Å². The maximum absolute atomic E-state index is 9.18. The van der Waals surface area contributed by atoms with E-state index in [1.807, 2.05) is 14.0 Å². The SMILES string of the molecule is CCc1c(NC)ncnc1NCC(C)O. The second kappa shape index (κ2) is 5.50. The van der Waals surface area contributed by atoms with E-state index in [0.717, 1.165) is 23.6 Å². The molecule has 0 aliphatic carbocycles. The summed E-state index contributed by atoms with van der Waals surface area (Å²) in [6.45, 7) is 4.28. The molecule has 0 bridgehead atoms. The first-order valence-electron chi connectivity index (χ1n) is 5.12. The van der Waals surface area contributed by atoms with Gasteiger partial charge in [-0.25, -0.2) is 9.97 Å². The molecule has 5 heteroatoms. The zero-order chi connectivity index (χ0) is 11.3. The molecule has 0 aliphatic rings. The number of nitrogens with one attached hydrogen (secondary N) is 2. The molecule has 1 atom stereocenters. The Balaban J connectivity index is 2.86. The van der Waals surface area contributed by atoms with Gasteiger partial charge in [-0.05, 0) is 13.3 Å². The van der Waals surface area contributed by atoms with E-state index in [9.17, 15) is 5.11 Å². The van der Waals surface area contributed by atoms with E-state index in [1.165, 1.54) is 6.33 Å². The predicted octanol–water partition coefficient (Wildman–Crippen LogP) is 0.873. The van der Waals surface area contributed by atoms with Crippen LogP contribution in [0.2, 0.25) is 0 Å². The molecule has 0 aliphatic heterocycles. The minimum Gasteiger partial charge on any atom is -0.392 e. The van der Waals surface area contributed by atoms with Gasteiger partial charge in [0.05, 0.1) is 6.10 Å². The van der Waals surface area contributed by atoms with Gasteiger partial charge in [-0.3, -0.25) is 0 Å². The summed E-state index contributed by atoms with van der Waals surface area (Å²) in [5, 5.41) is 15.3. The number of aliphatic hydroxyl groups excluding tert-OH is 1. The Morgan fingerprint density at radius 2 is 2.07 bits per heavy atom. The van der Waals surface area contributed by atoms with Crippen LogP contribution in [0.15, 0.2) is 6.33 Å². The largest absolute Gasteiger partial charge is 0.392 e. The minimum absolute atomic E-state index is 0.386. The van der Waals surface area contributed by atoms with Crippen molar-refractivity contribution in [3.63, 3.8) is 0 Å². The molecule has 3 N–H and O–H groups in total. The maximum Gasteiger partial charge on any atom is 0.134 e. The lowest BCUT2D eigenvalue weighted by molar-refractivity contribution is 0.208. The zero-order valence-corrected chi connectivity index (χ0v) is 9.41. The highest BCUT2D eigenvalue weighted by Gasteiger charge is 2.08. The number of aliphatic hydroxyl groups is 1. The van der Waals surface area contributed by atoms with Crippen LogP contribution in [0.1, 0.15) is 19.4 Å². The third-order valence-corrected chi connectivity index (χ3v) is 2.10. The number of nitrogens with zero attached hydrogens (tertiary/aromatic N) is 2. The van der Waals surface area contributed by atoms with Crippen LogP contribution >= 0.6 is 0 Å². The van der Waals surface area contributed by atoms with E-state index in [4.69, 9.17) is 0 Å². The maximum atomic E-state index is 9.18. The number of hydrogen-bond donors (Lipinski definition) is 3. The van der Waals surface area contributed by atoms with Gasteiger partial charge in [0.15, 0.2) is 0 Å². The quantitative estimate of drug-likeness (QED) is 0.673. The summed E-state index contributed by atoms with van der Waals surface area (Å²) in [7, 11) is 1.83. The zero-order valence-electron chi connectivity index (χ0n) is 9.41. The van der Waals surface area contributed by atoms with E-state index < -0.39 is 0 Å². The van der Waals surface area contributed by atoms with Crippen molar-refractivity contribution < 1.29 is 5.11 Å². The van der Waals surface area contributed by atoms with Crippen LogP contribution in [0.25, 0.3) is 0 Å². The van der Waals surface area contributed by atoms with Crippen molar-refractivity contribution in [1.82, 2.24) is 9.97 Å². The topological polar surface area (TPSA) is 70.1 Å². The van der Waals surface area contributed by atoms with Crippen molar-refractivity contribution in [2.24, 2.45) is 0 Å². The molecule has 0 radical (unpaired) electrons. The number of aromatic nitrogens is 2. The summed E-state index contributed by atoms with van der Waals surface area (Å²) >= 11 is 0. The molecule has 84 valence electrons. The Labute approximate surface area is 90.0 Å². The van der Waals surface area contributed by atoms with E-state index >= 15 is 0 Å². The fourth-order valence-electron chi connectivity index (χ4n) is 1.36. The Morgan fingerprint density at radius 3 is 2.60 bits per heavy atom. The second-order valence-corrected chi connectivity index (χ2v) is 3.38. The molecule has 1 heterocycles. The third-order valence-electron chi connectivity index (χ3n) is 2.10. The molecule has 1 aromatic rings. The van der Waals surface area contributed by atoms with Crippen LogP contribution in [0.3, 0.4) is 0 Å². The first-order chi connectivity index (χ1) is 7.19. The van der Waals surface area contributed by atoms with Gasteiger partial charge >= 0.3 is 0 Å². The van der Waals surface area contributed by atoms with Crippen LogP contribution < -0.4 is 10.6 Å². The average Bonchev–Trinajstić information content (AvgIpc) is 2.25. The average molecular weight is 210 g/mol. The van der Waals surface area contributed by atoms with E-state index in [-0.39, 0.29) is 6.10 Å². The highest BCUT2D eigenvalue weighted by molar-refractivity contribution is 5.57. The Kier molecular flexibility index (Phi) is 4.30. The van der Waals surface area contributed by atoms with Crippen molar-refractivity contribution in [3.05, 3.63) is 11.9 Å². The summed E-state index contributed by atoms with van der Waals surface area (Å²) < 4.78 is 0. The smallest absolute Gasteiger partial charge is 0.134 e. The van der Waals surface area contributed by atoms with Crippen molar-refractivity contribution >= 4 is 11.6 Å². The molecule has 1 aromatic heterocycles. The molecule has 0 amide bonds. The Morgan fingerprint density at radius 1 is 1.40 bits per heavy atom. The lowest BCUT2D eigenvalue weighted by Gasteiger charge is -2.13. The van der Waals surface area contributed by atoms with E-state index in [2.05, 4.69) is 20.6 Å². The molecule has 5 nitrogen and oxygen atoms in total. The van der Waals surface area contributed by atoms with E-state index in [0.29, 0.717) is 6.54 Å². The van der Waals surface area contributed by atoms with Gasteiger partial charge in [0, 0.05) is 19.2 Å². The Hall–Kier alpha value is -1.36. The van der Waals surface area contributed by atoms with Gasteiger partial charge in [-0.15, -0.1) is 0 Å². The Bertz CT molecular complexity index is 314. The fourth-order valence-corrected chi connectivity index (χ4v) is 1.36. The van der Waals surface area contributed by atoms with Crippen molar-refractivity contribution in [2.75, 3.05) is 24.2 Å². The molecule has 0 fully saturated rings. The fraction of sp³-hybridized carbons (Fsp3) is 0.600. The summed E-state index contributed by atoms with van der Waals surface area (Å²) in [4.78, 5) is 8.29. The van der Waals surface area contributed by atoms with Gasteiger partial charge in [-0.2, -0.15) is 0 Å². The standard InChI is InChI=1S/C10H18N4O/c1-4-8-9(11-3)13-6-14-10(8)12-5-7(2)15/h6-7,15H,4-5H2,1-3H3,(H2,11,12,13,14). The third kappa shape index (κ3) is 3.06. The van der Waals surface area contributed by atoms with Crippen molar-refractivity contribution in [1.29, 1.82) is 0 Å². The van der Waals surface area contributed by atoms with Gasteiger partial charge in [0.25, 0.3) is 0 Å². The molecule has 0 saturated carbocycles. The monoisotopic (exact) mass is 210 g/mol. The molecule has 1 rings (SSSR count). The highest BCUT2D eigenvalue weighted by atomic mass is 16.3. The molecule has 0 aromatic carbocycles. The highest BCUT2D eigenvalue weighted by Crippen LogP contribution is 2.19. The number of rotatable bonds is 5. The molecule has 1 unspecified atom stereocenters. The molecule has 15 heavy (non-hydrogen) atoms. The summed E-state index contributed by atoms with van der Waals surface area (Å²) in [5.41, 5.74) is 1.04. The summed E-state index contributed by atoms with van der Waals surface area (Å²) in [5.74, 6) is 1.62. The second-order valence-electron chi connectivity index (χ2n) is 3.38. The van der Waals surface area contributed by atoms with Crippen molar-refractivity contribution in [2.45, 2.75) is 26.4 Å². The normalized spacial score (nSPS) is 12.3. The van der Waals surface area contributed by atoms with Gasteiger partial charge in [0.1, 0.15) is 18.0 Å². The molecular formula is C10H18N4O.